The van der Waals surface area contributed by atoms with Gasteiger partial charge < -0.3 is 15.3 Å². The minimum Gasteiger partial charge on any atom is -0.394 e. The number of hydrogen-bond donors (Lipinski definition) is 2. The van der Waals surface area contributed by atoms with Crippen molar-refractivity contribution < 1.29 is 18.3 Å². The first-order chi connectivity index (χ1) is 17.2. The molecular weight excluding hydrogens is 486 g/mol. The van der Waals surface area contributed by atoms with Crippen molar-refractivity contribution in [3.05, 3.63) is 47.5 Å². The van der Waals surface area contributed by atoms with Crippen LogP contribution in [-0.4, -0.2) is 55.3 Å². The lowest BCUT2D eigenvalue weighted by atomic mass is 9.93. The SMILES string of the molecule is CC(C)(C)CS(=O)(=O)c1cccc(C(=O)Cc2ccc(NC(C)(C)CO)nc2N2CCC3(CC2)CC3)c1. The summed E-state index contributed by atoms with van der Waals surface area (Å²) in [4.78, 5) is 20.7. The number of sulfone groups is 1. The number of pyridine rings is 1. The van der Waals surface area contributed by atoms with Crippen molar-refractivity contribution in [2.75, 3.05) is 35.7 Å². The van der Waals surface area contributed by atoms with Gasteiger partial charge in [-0.3, -0.25) is 4.79 Å². The number of carbonyl (C=O) groups is 1. The summed E-state index contributed by atoms with van der Waals surface area (Å²) in [6.45, 7) is 11.3. The number of hydrogen-bond acceptors (Lipinski definition) is 7. The molecule has 0 bridgehead atoms. The van der Waals surface area contributed by atoms with Crippen LogP contribution in [-0.2, 0) is 16.3 Å². The zero-order valence-electron chi connectivity index (χ0n) is 22.8. The molecular formula is C29H41N3O4S. The number of Topliss-reactive ketones (excluding diaryl/α,β-unsaturated/α-hetero) is 1. The Labute approximate surface area is 221 Å². The van der Waals surface area contributed by atoms with E-state index in [4.69, 9.17) is 4.98 Å². The fourth-order valence-electron chi connectivity index (χ4n) is 5.01. The first-order valence-corrected chi connectivity index (χ1v) is 14.9. The molecule has 2 aromatic rings. The molecule has 0 atom stereocenters. The summed E-state index contributed by atoms with van der Waals surface area (Å²) >= 11 is 0. The summed E-state index contributed by atoms with van der Waals surface area (Å²) in [7, 11) is -3.50. The van der Waals surface area contributed by atoms with E-state index in [9.17, 15) is 18.3 Å². The number of nitrogens with zero attached hydrogens (tertiary/aromatic N) is 2. The van der Waals surface area contributed by atoms with Gasteiger partial charge in [-0.15, -0.1) is 0 Å². The van der Waals surface area contributed by atoms with Crippen molar-refractivity contribution >= 4 is 27.3 Å². The molecule has 2 fully saturated rings. The van der Waals surface area contributed by atoms with E-state index in [0.29, 0.717) is 16.8 Å². The number of nitrogens with one attached hydrogen (secondary N) is 1. The first kappa shape index (κ1) is 27.6. The van der Waals surface area contributed by atoms with E-state index in [2.05, 4.69) is 10.2 Å². The smallest absolute Gasteiger partial charge is 0.178 e. The van der Waals surface area contributed by atoms with Crippen molar-refractivity contribution in [1.29, 1.82) is 0 Å². The Morgan fingerprint density at radius 1 is 1.05 bits per heavy atom. The number of benzene rings is 1. The van der Waals surface area contributed by atoms with Gasteiger partial charge in [-0.05, 0) is 68.6 Å². The van der Waals surface area contributed by atoms with Gasteiger partial charge in [0.15, 0.2) is 15.6 Å². The highest BCUT2D eigenvalue weighted by atomic mass is 32.2. The molecule has 1 saturated heterocycles. The Morgan fingerprint density at radius 3 is 2.32 bits per heavy atom. The molecule has 2 N–H and O–H groups in total. The molecule has 202 valence electrons. The van der Waals surface area contributed by atoms with E-state index in [0.717, 1.165) is 37.3 Å². The molecule has 8 heteroatoms. The highest BCUT2D eigenvalue weighted by molar-refractivity contribution is 7.91. The van der Waals surface area contributed by atoms with Crippen LogP contribution in [0.2, 0.25) is 0 Å². The summed E-state index contributed by atoms with van der Waals surface area (Å²) in [6.07, 6.45) is 5.02. The highest BCUT2D eigenvalue weighted by Gasteiger charge is 2.44. The lowest BCUT2D eigenvalue weighted by Gasteiger charge is -2.34. The van der Waals surface area contributed by atoms with Crippen molar-refractivity contribution in [1.82, 2.24) is 4.98 Å². The summed E-state index contributed by atoms with van der Waals surface area (Å²) < 4.78 is 25.8. The molecule has 1 spiro atoms. The Balaban J connectivity index is 1.60. The van der Waals surface area contributed by atoms with Crippen LogP contribution in [0.4, 0.5) is 11.6 Å². The van der Waals surface area contributed by atoms with Crippen LogP contribution in [0.15, 0.2) is 41.3 Å². The highest BCUT2D eigenvalue weighted by Crippen LogP contribution is 2.54. The molecule has 1 aliphatic carbocycles. The fourth-order valence-corrected chi connectivity index (χ4v) is 6.91. The van der Waals surface area contributed by atoms with Crippen LogP contribution in [0, 0.1) is 10.8 Å². The molecule has 7 nitrogen and oxygen atoms in total. The first-order valence-electron chi connectivity index (χ1n) is 13.2. The largest absolute Gasteiger partial charge is 0.394 e. The lowest BCUT2D eigenvalue weighted by molar-refractivity contribution is 0.0992. The third-order valence-electron chi connectivity index (χ3n) is 7.39. The summed E-state index contributed by atoms with van der Waals surface area (Å²) in [5.74, 6) is 1.33. The fraction of sp³-hybridized carbons (Fsp3) is 0.586. The number of aliphatic hydroxyl groups excluding tert-OH is 1. The maximum atomic E-state index is 13.4. The van der Waals surface area contributed by atoms with Gasteiger partial charge in [0.1, 0.15) is 11.6 Å². The van der Waals surface area contributed by atoms with Gasteiger partial charge >= 0.3 is 0 Å². The maximum absolute atomic E-state index is 13.4. The quantitative estimate of drug-likeness (QED) is 0.448. The second-order valence-electron chi connectivity index (χ2n) is 12.8. The normalized spacial score (nSPS) is 17.6. The molecule has 0 unspecified atom stereocenters. The number of aliphatic hydroxyl groups is 1. The maximum Gasteiger partial charge on any atom is 0.178 e. The van der Waals surface area contributed by atoms with Gasteiger partial charge in [0.2, 0.25) is 0 Å². The number of carbonyl (C=O) groups excluding carboxylic acids is 1. The number of rotatable bonds is 9. The Morgan fingerprint density at radius 2 is 1.73 bits per heavy atom. The Bertz CT molecular complexity index is 1250. The molecule has 4 rings (SSSR count). The zero-order valence-corrected chi connectivity index (χ0v) is 23.6. The van der Waals surface area contributed by atoms with Crippen LogP contribution < -0.4 is 10.2 Å². The number of piperidine rings is 1. The summed E-state index contributed by atoms with van der Waals surface area (Å²) in [5, 5.41) is 13.0. The predicted molar refractivity (Wildman–Crippen MR) is 148 cm³/mol. The van der Waals surface area contributed by atoms with Crippen LogP contribution in [0.5, 0.6) is 0 Å². The molecule has 1 aliphatic heterocycles. The average Bonchev–Trinajstić information content (AvgIpc) is 3.57. The monoisotopic (exact) mass is 527 g/mol. The van der Waals surface area contributed by atoms with E-state index >= 15 is 0 Å². The summed E-state index contributed by atoms with van der Waals surface area (Å²) in [6, 6.07) is 10.2. The molecule has 1 saturated carbocycles. The van der Waals surface area contributed by atoms with Crippen LogP contribution in [0.1, 0.15) is 76.2 Å². The van der Waals surface area contributed by atoms with Gasteiger partial charge in [0.25, 0.3) is 0 Å². The van der Waals surface area contributed by atoms with Gasteiger partial charge in [-0.1, -0.05) is 39.0 Å². The van der Waals surface area contributed by atoms with Crippen molar-refractivity contribution in [3.63, 3.8) is 0 Å². The Hall–Kier alpha value is -2.45. The van der Waals surface area contributed by atoms with Gasteiger partial charge in [0, 0.05) is 30.6 Å². The number of anilines is 2. The van der Waals surface area contributed by atoms with Crippen molar-refractivity contribution in [2.24, 2.45) is 10.8 Å². The third-order valence-corrected chi connectivity index (χ3v) is 9.61. The molecule has 2 heterocycles. The minimum atomic E-state index is -3.50. The van der Waals surface area contributed by atoms with E-state index < -0.39 is 15.4 Å². The van der Waals surface area contributed by atoms with E-state index in [1.807, 2.05) is 46.8 Å². The van der Waals surface area contributed by atoms with Gasteiger partial charge in [-0.25, -0.2) is 13.4 Å². The van der Waals surface area contributed by atoms with Gasteiger partial charge in [-0.2, -0.15) is 0 Å². The topological polar surface area (TPSA) is 99.6 Å². The van der Waals surface area contributed by atoms with Gasteiger partial charge in [0.05, 0.1) is 22.8 Å². The third kappa shape index (κ3) is 6.90. The van der Waals surface area contributed by atoms with Crippen molar-refractivity contribution in [2.45, 2.75) is 77.2 Å². The number of aromatic nitrogens is 1. The standard InChI is InChI=1S/C29H41N3O4S/c1-27(2,3)20-37(35,36)23-8-6-7-21(17-23)24(34)18-22-9-10-25(31-28(4,5)19-33)30-26(22)32-15-13-29(11-12-29)14-16-32/h6-10,17,33H,11-16,18-20H2,1-5H3,(H,30,31). The van der Waals surface area contributed by atoms with Crippen molar-refractivity contribution in [3.8, 4) is 0 Å². The molecule has 1 aromatic carbocycles. The summed E-state index contributed by atoms with van der Waals surface area (Å²) in [5.41, 5.74) is 0.820. The Kier molecular flexibility index (Phi) is 7.47. The minimum absolute atomic E-state index is 0.0147. The number of ketones is 1. The van der Waals surface area contributed by atoms with Crippen LogP contribution in [0.25, 0.3) is 0 Å². The molecule has 2 aliphatic rings. The predicted octanol–water partition coefficient (Wildman–Crippen LogP) is 4.89. The molecule has 1 aromatic heterocycles. The average molecular weight is 528 g/mol. The second-order valence-corrected chi connectivity index (χ2v) is 14.8. The molecule has 37 heavy (non-hydrogen) atoms. The van der Waals surface area contributed by atoms with Crippen LogP contribution in [0.3, 0.4) is 0 Å². The van der Waals surface area contributed by atoms with E-state index in [-0.39, 0.29) is 34.9 Å². The second kappa shape index (κ2) is 10.0. The molecule has 0 amide bonds. The lowest BCUT2D eigenvalue weighted by Crippen LogP contribution is -2.37. The van der Waals surface area contributed by atoms with E-state index in [1.54, 1.807) is 18.2 Å². The zero-order chi connectivity index (χ0) is 27.1. The van der Waals surface area contributed by atoms with Crippen LogP contribution >= 0.6 is 0 Å². The molecule has 0 radical (unpaired) electrons. The van der Waals surface area contributed by atoms with E-state index in [1.165, 1.54) is 18.9 Å².